The van der Waals surface area contributed by atoms with Crippen LogP contribution in [0, 0.1) is 17.6 Å². The van der Waals surface area contributed by atoms with Gasteiger partial charge in [0.05, 0.1) is 24.2 Å². The van der Waals surface area contributed by atoms with Crippen LogP contribution in [0.25, 0.3) is 16.7 Å². The van der Waals surface area contributed by atoms with Gasteiger partial charge < -0.3 is 24.8 Å². The summed E-state index contributed by atoms with van der Waals surface area (Å²) in [5.74, 6) is -2.72. The Morgan fingerprint density at radius 1 is 1.10 bits per heavy atom. The number of nitrogens with zero attached hydrogens (tertiary/aromatic N) is 2. The number of benzene rings is 2. The maximum atomic E-state index is 15.6. The molecular formula is C32H35F2N3O5. The van der Waals surface area contributed by atoms with Gasteiger partial charge >= 0.3 is 0 Å². The number of carbonyl (C=O) groups excluding carboxylic acids is 1. The van der Waals surface area contributed by atoms with Crippen LogP contribution in [0.4, 0.5) is 8.78 Å². The standard InChI is InChI=1S/C32H35F2N3O5/c1-4-35-31(40)29-28(21-14-24(33)23(25(34)15-21)18-37-10-12-41-13-11-37)30(42-36-29)32(19(2)3)17-22(26(38)16-27(32)39)20-8-6-5-7-9-20/h5-9,14-16,19,38-39H,4,10-13,17-18H2,1-3H3,(H,35,40). The Morgan fingerprint density at radius 3 is 2.38 bits per heavy atom. The first-order valence-electron chi connectivity index (χ1n) is 14.1. The zero-order valence-corrected chi connectivity index (χ0v) is 23.9. The van der Waals surface area contributed by atoms with Crippen LogP contribution in [-0.2, 0) is 16.7 Å². The van der Waals surface area contributed by atoms with Gasteiger partial charge in [-0.25, -0.2) is 8.78 Å². The number of carbonyl (C=O) groups is 1. The van der Waals surface area contributed by atoms with Crippen LogP contribution in [0.15, 0.2) is 64.6 Å². The largest absolute Gasteiger partial charge is 0.511 e. The average molecular weight is 580 g/mol. The van der Waals surface area contributed by atoms with Gasteiger partial charge in [-0.3, -0.25) is 9.69 Å². The van der Waals surface area contributed by atoms with E-state index in [1.807, 2.05) is 49.1 Å². The number of aliphatic hydroxyl groups excluding tert-OH is 2. The topological polar surface area (TPSA) is 108 Å². The second-order valence-electron chi connectivity index (χ2n) is 11.0. The Hall–Kier alpha value is -4.02. The summed E-state index contributed by atoms with van der Waals surface area (Å²) in [6.07, 6.45) is 1.34. The molecule has 1 aliphatic carbocycles. The minimum Gasteiger partial charge on any atom is -0.511 e. The van der Waals surface area contributed by atoms with Crippen molar-refractivity contribution in [3.63, 3.8) is 0 Å². The van der Waals surface area contributed by atoms with E-state index in [1.54, 1.807) is 6.92 Å². The van der Waals surface area contributed by atoms with Crippen LogP contribution < -0.4 is 5.32 Å². The molecule has 1 unspecified atom stereocenters. The van der Waals surface area contributed by atoms with Crippen molar-refractivity contribution in [1.29, 1.82) is 0 Å². The van der Waals surface area contributed by atoms with Gasteiger partial charge in [0.2, 0.25) is 0 Å². The van der Waals surface area contributed by atoms with Crippen LogP contribution in [0.5, 0.6) is 0 Å². The fraction of sp³-hybridized carbons (Fsp3) is 0.375. The number of aliphatic hydroxyl groups is 2. The van der Waals surface area contributed by atoms with Gasteiger partial charge in [-0.2, -0.15) is 0 Å². The molecule has 0 radical (unpaired) electrons. The van der Waals surface area contributed by atoms with E-state index >= 15 is 8.78 Å². The summed E-state index contributed by atoms with van der Waals surface area (Å²) in [6, 6.07) is 11.6. The van der Waals surface area contributed by atoms with E-state index < -0.39 is 23.0 Å². The first kappa shape index (κ1) is 29.5. The number of hydrogen-bond donors (Lipinski definition) is 3. The Bertz CT molecular complexity index is 1500. The van der Waals surface area contributed by atoms with Crippen molar-refractivity contribution >= 4 is 11.5 Å². The Balaban J connectivity index is 1.67. The van der Waals surface area contributed by atoms with Crippen LogP contribution in [0.1, 0.15) is 54.6 Å². The van der Waals surface area contributed by atoms with Crippen LogP contribution >= 0.6 is 0 Å². The van der Waals surface area contributed by atoms with Crippen molar-refractivity contribution < 1.29 is 33.0 Å². The van der Waals surface area contributed by atoms with Gasteiger partial charge in [-0.05, 0) is 42.5 Å². The van der Waals surface area contributed by atoms with E-state index in [-0.39, 0.29) is 65.1 Å². The van der Waals surface area contributed by atoms with E-state index in [0.29, 0.717) is 31.9 Å². The van der Waals surface area contributed by atoms with E-state index in [1.165, 1.54) is 18.2 Å². The molecule has 222 valence electrons. The highest BCUT2D eigenvalue weighted by Gasteiger charge is 2.50. The molecule has 10 heteroatoms. The molecule has 2 aromatic carbocycles. The lowest BCUT2D eigenvalue weighted by atomic mass is 9.64. The normalized spacial score (nSPS) is 19.7. The number of amides is 1. The monoisotopic (exact) mass is 579 g/mol. The zero-order chi connectivity index (χ0) is 30.0. The lowest BCUT2D eigenvalue weighted by Gasteiger charge is -2.38. The van der Waals surface area contributed by atoms with Crippen molar-refractivity contribution in [1.82, 2.24) is 15.4 Å². The van der Waals surface area contributed by atoms with Crippen molar-refractivity contribution in [2.45, 2.75) is 39.2 Å². The fourth-order valence-corrected chi connectivity index (χ4v) is 5.80. The number of halogens is 2. The summed E-state index contributed by atoms with van der Waals surface area (Å²) in [5.41, 5.74) is -0.138. The fourth-order valence-electron chi connectivity index (χ4n) is 5.80. The molecule has 1 aromatic heterocycles. The third kappa shape index (κ3) is 5.32. The molecule has 1 fully saturated rings. The first-order valence-corrected chi connectivity index (χ1v) is 14.1. The number of hydrogen-bond acceptors (Lipinski definition) is 7. The minimum atomic E-state index is -1.32. The molecule has 1 saturated heterocycles. The van der Waals surface area contributed by atoms with Crippen molar-refractivity contribution in [3.05, 3.63) is 94.3 Å². The highest BCUT2D eigenvalue weighted by molar-refractivity contribution is 6.00. The van der Waals surface area contributed by atoms with E-state index in [4.69, 9.17) is 9.26 Å². The summed E-state index contributed by atoms with van der Waals surface area (Å²) in [4.78, 5) is 15.1. The smallest absolute Gasteiger partial charge is 0.274 e. The summed E-state index contributed by atoms with van der Waals surface area (Å²) < 4.78 is 42.5. The molecule has 1 aliphatic heterocycles. The molecule has 0 spiro atoms. The molecule has 42 heavy (non-hydrogen) atoms. The summed E-state index contributed by atoms with van der Waals surface area (Å²) in [6.45, 7) is 7.93. The van der Waals surface area contributed by atoms with Crippen LogP contribution in [0.3, 0.4) is 0 Å². The van der Waals surface area contributed by atoms with Crippen molar-refractivity contribution in [2.75, 3.05) is 32.8 Å². The summed E-state index contributed by atoms with van der Waals surface area (Å²) >= 11 is 0. The van der Waals surface area contributed by atoms with E-state index in [0.717, 1.165) is 5.56 Å². The molecule has 1 amide bonds. The minimum absolute atomic E-state index is 0.0566. The second kappa shape index (κ2) is 12.1. The van der Waals surface area contributed by atoms with Crippen LogP contribution in [0.2, 0.25) is 0 Å². The van der Waals surface area contributed by atoms with Gasteiger partial charge in [-0.15, -0.1) is 0 Å². The summed E-state index contributed by atoms with van der Waals surface area (Å²) in [5, 5.41) is 29.1. The summed E-state index contributed by atoms with van der Waals surface area (Å²) in [7, 11) is 0. The molecule has 8 nitrogen and oxygen atoms in total. The van der Waals surface area contributed by atoms with Gasteiger partial charge in [0.15, 0.2) is 11.5 Å². The molecule has 5 rings (SSSR count). The number of rotatable bonds is 8. The molecule has 1 atom stereocenters. The highest BCUT2D eigenvalue weighted by atomic mass is 19.1. The second-order valence-corrected chi connectivity index (χ2v) is 11.0. The molecule has 2 heterocycles. The zero-order valence-electron chi connectivity index (χ0n) is 23.9. The Labute approximate surface area is 243 Å². The predicted octanol–water partition coefficient (Wildman–Crippen LogP) is 5.91. The molecule has 0 bridgehead atoms. The number of allylic oxidation sites excluding steroid dienone is 3. The molecule has 2 aliphatic rings. The lowest BCUT2D eigenvalue weighted by Crippen LogP contribution is -2.37. The maximum Gasteiger partial charge on any atom is 0.274 e. The third-order valence-electron chi connectivity index (χ3n) is 8.17. The van der Waals surface area contributed by atoms with E-state index in [9.17, 15) is 15.0 Å². The number of aromatic nitrogens is 1. The Morgan fingerprint density at radius 2 is 1.76 bits per heavy atom. The van der Waals surface area contributed by atoms with Gasteiger partial charge in [0.25, 0.3) is 5.91 Å². The average Bonchev–Trinajstić information content (AvgIpc) is 3.42. The third-order valence-corrected chi connectivity index (χ3v) is 8.17. The highest BCUT2D eigenvalue weighted by Crippen LogP contribution is 2.52. The maximum absolute atomic E-state index is 15.6. The quantitative estimate of drug-likeness (QED) is 0.305. The Kier molecular flexibility index (Phi) is 8.47. The number of ether oxygens (including phenoxy) is 1. The SMILES string of the molecule is CCNC(=O)c1noc(C2(C(C)C)CC(c3ccccc3)=C(O)C=C2O)c1-c1cc(F)c(CN2CCOCC2)c(F)c1. The van der Waals surface area contributed by atoms with E-state index in [2.05, 4.69) is 10.5 Å². The molecule has 3 N–H and O–H groups in total. The number of morpholine rings is 1. The molecule has 3 aromatic rings. The van der Waals surface area contributed by atoms with Gasteiger partial charge in [-0.1, -0.05) is 49.3 Å². The first-order chi connectivity index (χ1) is 20.2. The predicted molar refractivity (Wildman–Crippen MR) is 154 cm³/mol. The van der Waals surface area contributed by atoms with Crippen LogP contribution in [-0.4, -0.2) is 59.0 Å². The van der Waals surface area contributed by atoms with Crippen molar-refractivity contribution in [2.24, 2.45) is 5.92 Å². The van der Waals surface area contributed by atoms with Gasteiger partial charge in [0, 0.05) is 43.4 Å². The number of nitrogens with one attached hydrogen (secondary N) is 1. The van der Waals surface area contributed by atoms with Gasteiger partial charge in [0.1, 0.15) is 23.2 Å². The molecular weight excluding hydrogens is 544 g/mol. The molecule has 0 saturated carbocycles. The van der Waals surface area contributed by atoms with Crippen molar-refractivity contribution in [3.8, 4) is 11.1 Å². The lowest BCUT2D eigenvalue weighted by molar-refractivity contribution is 0.0332.